The lowest BCUT2D eigenvalue weighted by molar-refractivity contribution is -0.130. The molecule has 4 nitrogen and oxygen atoms in total. The zero-order valence-corrected chi connectivity index (χ0v) is 14.7. The fourth-order valence-electron chi connectivity index (χ4n) is 3.24. The Kier molecular flexibility index (Phi) is 5.89. The van der Waals surface area contributed by atoms with Crippen molar-refractivity contribution in [1.82, 2.24) is 4.90 Å². The summed E-state index contributed by atoms with van der Waals surface area (Å²) in [7, 11) is 0. The molecule has 1 heterocycles. The topological polar surface area (TPSA) is 49.8 Å². The smallest absolute Gasteiger partial charge is 0.226 e. The number of amides is 1. The number of rotatable bonds is 5. The summed E-state index contributed by atoms with van der Waals surface area (Å²) < 4.78 is 19.0. The van der Waals surface area contributed by atoms with Gasteiger partial charge in [0.05, 0.1) is 6.42 Å². The minimum Gasteiger partial charge on any atom is -0.491 e. The van der Waals surface area contributed by atoms with E-state index in [4.69, 9.17) is 4.74 Å². The zero-order chi connectivity index (χ0) is 18.4. The van der Waals surface area contributed by atoms with E-state index in [1.807, 2.05) is 30.3 Å². The lowest BCUT2D eigenvalue weighted by atomic mass is 9.96. The molecule has 1 amide bonds. The van der Waals surface area contributed by atoms with Crippen LogP contribution in [-0.4, -0.2) is 41.2 Å². The molecule has 26 heavy (non-hydrogen) atoms. The van der Waals surface area contributed by atoms with Gasteiger partial charge in [-0.1, -0.05) is 30.3 Å². The number of ether oxygens (including phenoxy) is 1. The molecule has 1 saturated heterocycles. The van der Waals surface area contributed by atoms with Crippen LogP contribution >= 0.6 is 0 Å². The molecule has 0 aromatic heterocycles. The molecular formula is C21H24FNO3. The van der Waals surface area contributed by atoms with Crippen molar-refractivity contribution in [3.05, 3.63) is 66.0 Å². The predicted molar refractivity (Wildman–Crippen MR) is 97.4 cm³/mol. The number of halogens is 1. The highest BCUT2D eigenvalue weighted by molar-refractivity contribution is 5.78. The first kappa shape index (κ1) is 18.4. The molecule has 2 aromatic carbocycles. The van der Waals surface area contributed by atoms with Crippen molar-refractivity contribution in [3.63, 3.8) is 0 Å². The summed E-state index contributed by atoms with van der Waals surface area (Å²) >= 11 is 0. The van der Waals surface area contributed by atoms with E-state index in [1.54, 1.807) is 17.0 Å². The highest BCUT2D eigenvalue weighted by Gasteiger charge is 2.32. The summed E-state index contributed by atoms with van der Waals surface area (Å²) in [5.74, 6) is 0.353. The molecule has 1 aliphatic rings. The first-order valence-electron chi connectivity index (χ1n) is 8.97. The van der Waals surface area contributed by atoms with Crippen molar-refractivity contribution in [2.24, 2.45) is 0 Å². The zero-order valence-electron chi connectivity index (χ0n) is 14.7. The summed E-state index contributed by atoms with van der Waals surface area (Å²) in [5.41, 5.74) is -0.272. The fourth-order valence-corrected chi connectivity index (χ4v) is 3.24. The van der Waals surface area contributed by atoms with Gasteiger partial charge in [-0.05, 0) is 49.1 Å². The third-order valence-corrected chi connectivity index (χ3v) is 4.77. The van der Waals surface area contributed by atoms with E-state index in [1.165, 1.54) is 12.1 Å². The van der Waals surface area contributed by atoms with Gasteiger partial charge in [0.25, 0.3) is 0 Å². The SMILES string of the molecule is O=C(Cc1cccc(F)c1)N1CCCC(O)(COc2ccccc2)CC1. The minimum atomic E-state index is -0.941. The van der Waals surface area contributed by atoms with Gasteiger partial charge in [-0.3, -0.25) is 4.79 Å². The van der Waals surface area contributed by atoms with Crippen molar-refractivity contribution < 1.29 is 19.0 Å². The van der Waals surface area contributed by atoms with Crippen LogP contribution in [0.1, 0.15) is 24.8 Å². The van der Waals surface area contributed by atoms with Crippen molar-refractivity contribution in [2.75, 3.05) is 19.7 Å². The molecule has 2 aromatic rings. The second-order valence-electron chi connectivity index (χ2n) is 6.87. The molecular weight excluding hydrogens is 333 g/mol. The molecule has 3 rings (SSSR count). The largest absolute Gasteiger partial charge is 0.491 e. The molecule has 1 fully saturated rings. The molecule has 0 radical (unpaired) electrons. The number of aliphatic hydroxyl groups is 1. The van der Waals surface area contributed by atoms with Crippen LogP contribution in [0.2, 0.25) is 0 Å². The van der Waals surface area contributed by atoms with Crippen molar-refractivity contribution in [1.29, 1.82) is 0 Å². The number of likely N-dealkylation sites (tertiary alicyclic amines) is 1. The molecule has 0 bridgehead atoms. The van der Waals surface area contributed by atoms with E-state index in [9.17, 15) is 14.3 Å². The van der Waals surface area contributed by atoms with Crippen LogP contribution < -0.4 is 4.74 Å². The number of nitrogens with zero attached hydrogens (tertiary/aromatic N) is 1. The molecule has 0 spiro atoms. The monoisotopic (exact) mass is 357 g/mol. The Labute approximate surface area is 153 Å². The maximum absolute atomic E-state index is 13.3. The van der Waals surface area contributed by atoms with Gasteiger partial charge in [-0.15, -0.1) is 0 Å². The van der Waals surface area contributed by atoms with Crippen LogP contribution in [0.25, 0.3) is 0 Å². The maximum Gasteiger partial charge on any atom is 0.226 e. The van der Waals surface area contributed by atoms with Gasteiger partial charge in [0, 0.05) is 13.1 Å². The first-order valence-corrected chi connectivity index (χ1v) is 8.97. The van der Waals surface area contributed by atoms with Crippen molar-refractivity contribution >= 4 is 5.91 Å². The van der Waals surface area contributed by atoms with Gasteiger partial charge in [-0.2, -0.15) is 0 Å². The molecule has 1 atom stereocenters. The van der Waals surface area contributed by atoms with Crippen LogP contribution in [0.5, 0.6) is 5.75 Å². The lowest BCUT2D eigenvalue weighted by Gasteiger charge is -2.27. The van der Waals surface area contributed by atoms with Gasteiger partial charge in [-0.25, -0.2) is 4.39 Å². The minimum absolute atomic E-state index is 0.0381. The van der Waals surface area contributed by atoms with Crippen molar-refractivity contribution in [2.45, 2.75) is 31.3 Å². The Morgan fingerprint density at radius 1 is 1.12 bits per heavy atom. The molecule has 1 N–H and O–H groups in total. The van der Waals surface area contributed by atoms with E-state index >= 15 is 0 Å². The molecule has 138 valence electrons. The van der Waals surface area contributed by atoms with E-state index in [-0.39, 0.29) is 24.8 Å². The van der Waals surface area contributed by atoms with Crippen LogP contribution in [0.3, 0.4) is 0 Å². The summed E-state index contributed by atoms with van der Waals surface area (Å²) in [6.45, 7) is 1.29. The Bertz CT molecular complexity index is 737. The van der Waals surface area contributed by atoms with E-state index in [2.05, 4.69) is 0 Å². The number of para-hydroxylation sites is 1. The summed E-state index contributed by atoms with van der Waals surface area (Å²) in [5, 5.41) is 10.8. The van der Waals surface area contributed by atoms with Crippen molar-refractivity contribution in [3.8, 4) is 5.75 Å². The third kappa shape index (κ3) is 5.05. The number of carbonyl (C=O) groups is 1. The number of hydrogen-bond acceptors (Lipinski definition) is 3. The lowest BCUT2D eigenvalue weighted by Crippen LogP contribution is -2.38. The Morgan fingerprint density at radius 3 is 2.69 bits per heavy atom. The van der Waals surface area contributed by atoms with Crippen LogP contribution in [0.15, 0.2) is 54.6 Å². The normalized spacial score (nSPS) is 20.5. The highest BCUT2D eigenvalue weighted by Crippen LogP contribution is 2.24. The van der Waals surface area contributed by atoms with Gasteiger partial charge >= 0.3 is 0 Å². The number of hydrogen-bond donors (Lipinski definition) is 1. The quantitative estimate of drug-likeness (QED) is 0.894. The molecule has 5 heteroatoms. The Morgan fingerprint density at radius 2 is 1.92 bits per heavy atom. The molecule has 0 saturated carbocycles. The molecule has 0 aliphatic carbocycles. The first-order chi connectivity index (χ1) is 12.5. The summed E-state index contributed by atoms with van der Waals surface area (Å²) in [6.07, 6.45) is 1.94. The maximum atomic E-state index is 13.3. The standard InChI is InChI=1S/C21H24FNO3/c22-18-7-4-6-17(14-18)15-20(24)23-12-5-10-21(25,11-13-23)16-26-19-8-2-1-3-9-19/h1-4,6-9,14,25H,5,10-13,15-16H2. The molecule has 1 unspecified atom stereocenters. The Hall–Kier alpha value is -2.40. The number of carbonyl (C=O) groups excluding carboxylic acids is 1. The van der Waals surface area contributed by atoms with Gasteiger partial charge < -0.3 is 14.7 Å². The Balaban J connectivity index is 1.54. The summed E-state index contributed by atoms with van der Waals surface area (Å²) in [4.78, 5) is 14.3. The van der Waals surface area contributed by atoms with Gasteiger partial charge in [0.2, 0.25) is 5.91 Å². The second kappa shape index (κ2) is 8.32. The third-order valence-electron chi connectivity index (χ3n) is 4.77. The second-order valence-corrected chi connectivity index (χ2v) is 6.87. The van der Waals surface area contributed by atoms with Gasteiger partial charge in [0.1, 0.15) is 23.8 Å². The fraction of sp³-hybridized carbons (Fsp3) is 0.381. The predicted octanol–water partition coefficient (Wildman–Crippen LogP) is 3.19. The van der Waals surface area contributed by atoms with E-state index in [0.717, 1.165) is 5.75 Å². The summed E-state index contributed by atoms with van der Waals surface area (Å²) in [6, 6.07) is 15.5. The highest BCUT2D eigenvalue weighted by atomic mass is 19.1. The van der Waals surface area contributed by atoms with Crippen LogP contribution in [0.4, 0.5) is 4.39 Å². The van der Waals surface area contributed by atoms with Gasteiger partial charge in [0.15, 0.2) is 0 Å². The van der Waals surface area contributed by atoms with E-state index in [0.29, 0.717) is 37.9 Å². The average molecular weight is 357 g/mol. The van der Waals surface area contributed by atoms with Crippen LogP contribution in [-0.2, 0) is 11.2 Å². The van der Waals surface area contributed by atoms with E-state index < -0.39 is 5.60 Å². The van der Waals surface area contributed by atoms with Crippen LogP contribution in [0, 0.1) is 5.82 Å². The number of benzene rings is 2. The average Bonchev–Trinajstić information content (AvgIpc) is 2.83. The molecule has 1 aliphatic heterocycles.